The van der Waals surface area contributed by atoms with Gasteiger partial charge in [-0.1, -0.05) is 0 Å². The van der Waals surface area contributed by atoms with Crippen molar-refractivity contribution >= 4 is 43.4 Å². The lowest BCUT2D eigenvalue weighted by molar-refractivity contribution is -0.119. The molecule has 14 heavy (non-hydrogen) atoms. The molecule has 0 radical (unpaired) electrons. The molecule has 0 fully saturated rings. The van der Waals surface area contributed by atoms with E-state index in [-0.39, 0.29) is 34.1 Å². The molecule has 0 spiro atoms. The average Bonchev–Trinajstić information content (AvgIpc) is 2.17. The molecular weight excluding hydrogens is 320 g/mol. The van der Waals surface area contributed by atoms with E-state index >= 15 is 0 Å². The zero-order valence-corrected chi connectivity index (χ0v) is 10.1. The Morgan fingerprint density at radius 2 is 1.29 bits per heavy atom. The SMILES string of the molecule is O=C1C=CC(=O)C(OCBr)=C1OCBr. The van der Waals surface area contributed by atoms with Crippen molar-refractivity contribution in [2.75, 3.05) is 11.0 Å². The molecule has 1 rings (SSSR count). The van der Waals surface area contributed by atoms with Crippen LogP contribution in [0.2, 0.25) is 0 Å². The first-order valence-corrected chi connectivity index (χ1v) is 5.83. The van der Waals surface area contributed by atoms with Crippen LogP contribution in [0.15, 0.2) is 23.7 Å². The lowest BCUT2D eigenvalue weighted by Gasteiger charge is -2.13. The number of allylic oxidation sites excluding steroid dienone is 2. The summed E-state index contributed by atoms with van der Waals surface area (Å²) in [6.45, 7) is 0. The van der Waals surface area contributed by atoms with E-state index in [0.717, 1.165) is 12.2 Å². The number of carbonyl (C=O) groups is 2. The Kier molecular flexibility index (Phi) is 4.34. The first-order chi connectivity index (χ1) is 6.70. The van der Waals surface area contributed by atoms with Crippen molar-refractivity contribution in [3.63, 3.8) is 0 Å². The quantitative estimate of drug-likeness (QED) is 0.582. The molecule has 0 aliphatic heterocycles. The van der Waals surface area contributed by atoms with Gasteiger partial charge < -0.3 is 9.47 Å². The van der Waals surface area contributed by atoms with E-state index in [2.05, 4.69) is 31.9 Å². The van der Waals surface area contributed by atoms with E-state index in [9.17, 15) is 9.59 Å². The van der Waals surface area contributed by atoms with Crippen LogP contribution < -0.4 is 0 Å². The molecular formula is C8H6Br2O4. The summed E-state index contributed by atoms with van der Waals surface area (Å²) in [6, 6.07) is 0. The second-order valence-electron chi connectivity index (χ2n) is 2.23. The van der Waals surface area contributed by atoms with Gasteiger partial charge in [0, 0.05) is 0 Å². The highest BCUT2D eigenvalue weighted by atomic mass is 79.9. The van der Waals surface area contributed by atoms with E-state index in [1.165, 1.54) is 0 Å². The molecule has 0 saturated carbocycles. The third-order valence-corrected chi connectivity index (χ3v) is 1.90. The summed E-state index contributed by atoms with van der Waals surface area (Å²) in [5.74, 6) is -0.873. The van der Waals surface area contributed by atoms with Crippen LogP contribution in [0, 0.1) is 0 Å². The molecule has 4 nitrogen and oxygen atoms in total. The molecule has 0 aromatic carbocycles. The van der Waals surface area contributed by atoms with E-state index in [4.69, 9.17) is 9.47 Å². The van der Waals surface area contributed by atoms with Crippen LogP contribution in [0.25, 0.3) is 0 Å². The van der Waals surface area contributed by atoms with Gasteiger partial charge in [-0.3, -0.25) is 9.59 Å². The first kappa shape index (κ1) is 11.5. The van der Waals surface area contributed by atoms with Crippen molar-refractivity contribution < 1.29 is 19.1 Å². The van der Waals surface area contributed by atoms with Crippen LogP contribution in [0.1, 0.15) is 0 Å². The molecule has 0 unspecified atom stereocenters. The minimum absolute atomic E-state index is 0.0613. The number of ketones is 2. The van der Waals surface area contributed by atoms with E-state index in [1.54, 1.807) is 0 Å². The van der Waals surface area contributed by atoms with Gasteiger partial charge in [-0.15, -0.1) is 0 Å². The third kappa shape index (κ3) is 2.45. The fourth-order valence-corrected chi connectivity index (χ4v) is 1.37. The molecule has 0 amide bonds. The van der Waals surface area contributed by atoms with Crippen LogP contribution in [-0.2, 0) is 19.1 Å². The Morgan fingerprint density at radius 1 is 0.929 bits per heavy atom. The Balaban J connectivity index is 2.99. The van der Waals surface area contributed by atoms with Crippen LogP contribution in [0.4, 0.5) is 0 Å². The smallest absolute Gasteiger partial charge is 0.224 e. The molecule has 0 bridgehead atoms. The lowest BCUT2D eigenvalue weighted by atomic mass is 10.1. The summed E-state index contributed by atoms with van der Waals surface area (Å²) in [4.78, 5) is 22.6. The maximum Gasteiger partial charge on any atom is 0.224 e. The fraction of sp³-hybridized carbons (Fsp3) is 0.250. The van der Waals surface area contributed by atoms with Gasteiger partial charge in [0.15, 0.2) is 0 Å². The summed E-state index contributed by atoms with van der Waals surface area (Å²) >= 11 is 6.00. The van der Waals surface area contributed by atoms with Crippen molar-refractivity contribution in [3.05, 3.63) is 23.7 Å². The predicted molar refractivity (Wildman–Crippen MR) is 55.9 cm³/mol. The summed E-state index contributed by atoms with van der Waals surface area (Å²) in [6.07, 6.45) is 2.31. The molecule has 1 aliphatic carbocycles. The highest BCUT2D eigenvalue weighted by molar-refractivity contribution is 9.09. The maximum atomic E-state index is 11.3. The normalized spacial score (nSPS) is 16.1. The second kappa shape index (κ2) is 5.31. The lowest BCUT2D eigenvalue weighted by Crippen LogP contribution is -2.18. The molecule has 0 N–H and O–H groups in total. The number of carbonyl (C=O) groups excluding carboxylic acids is 2. The molecule has 76 valence electrons. The van der Waals surface area contributed by atoms with Crippen LogP contribution >= 0.6 is 31.9 Å². The number of hydrogen-bond donors (Lipinski definition) is 0. The zero-order valence-electron chi connectivity index (χ0n) is 6.96. The topological polar surface area (TPSA) is 52.6 Å². The summed E-state index contributed by atoms with van der Waals surface area (Å²) in [5, 5.41) is 0. The van der Waals surface area contributed by atoms with Gasteiger partial charge in [0.1, 0.15) is 11.0 Å². The first-order valence-electron chi connectivity index (χ1n) is 3.59. The minimum Gasteiger partial charge on any atom is -0.475 e. The van der Waals surface area contributed by atoms with Gasteiger partial charge in [-0.2, -0.15) is 0 Å². The largest absolute Gasteiger partial charge is 0.475 e. The molecule has 0 heterocycles. The van der Waals surface area contributed by atoms with Crippen molar-refractivity contribution in [1.29, 1.82) is 0 Å². The number of hydrogen-bond acceptors (Lipinski definition) is 4. The minimum atomic E-state index is -0.375. The Hall–Kier alpha value is -0.620. The highest BCUT2D eigenvalue weighted by Gasteiger charge is 2.25. The zero-order chi connectivity index (χ0) is 10.6. The van der Waals surface area contributed by atoms with Crippen LogP contribution in [0.3, 0.4) is 0 Å². The van der Waals surface area contributed by atoms with E-state index in [0.29, 0.717) is 0 Å². The van der Waals surface area contributed by atoms with Gasteiger partial charge in [0.25, 0.3) is 0 Å². The molecule has 0 aromatic heterocycles. The van der Waals surface area contributed by atoms with Gasteiger partial charge in [0.05, 0.1) is 0 Å². The third-order valence-electron chi connectivity index (χ3n) is 1.44. The van der Waals surface area contributed by atoms with Gasteiger partial charge in [0.2, 0.25) is 23.1 Å². The van der Waals surface area contributed by atoms with Crippen LogP contribution in [-0.4, -0.2) is 22.6 Å². The standard InChI is InChI=1S/C8H6Br2O4/c9-3-13-7-5(11)1-2-6(12)8(7)14-4-10/h1-2H,3-4H2. The Labute approximate surface area is 97.2 Å². The Morgan fingerprint density at radius 3 is 1.57 bits per heavy atom. The molecule has 0 aromatic rings. The van der Waals surface area contributed by atoms with Crippen molar-refractivity contribution in [1.82, 2.24) is 0 Å². The van der Waals surface area contributed by atoms with Crippen molar-refractivity contribution in [2.45, 2.75) is 0 Å². The molecule has 0 atom stereocenters. The second-order valence-corrected chi connectivity index (χ2v) is 3.14. The van der Waals surface area contributed by atoms with Crippen molar-refractivity contribution in [2.24, 2.45) is 0 Å². The molecule has 0 saturated heterocycles. The van der Waals surface area contributed by atoms with E-state index < -0.39 is 0 Å². The fourth-order valence-electron chi connectivity index (χ4n) is 0.909. The monoisotopic (exact) mass is 324 g/mol. The number of ether oxygens (including phenoxy) is 2. The number of rotatable bonds is 4. The van der Waals surface area contributed by atoms with Crippen molar-refractivity contribution in [3.8, 4) is 0 Å². The van der Waals surface area contributed by atoms with Gasteiger partial charge in [-0.05, 0) is 44.0 Å². The summed E-state index contributed by atoms with van der Waals surface area (Å²) in [7, 11) is 0. The number of alkyl halides is 2. The molecule has 6 heteroatoms. The highest BCUT2D eigenvalue weighted by Crippen LogP contribution is 2.17. The van der Waals surface area contributed by atoms with Gasteiger partial charge in [-0.25, -0.2) is 0 Å². The number of halogens is 2. The Bertz CT molecular complexity index is 289. The van der Waals surface area contributed by atoms with Gasteiger partial charge >= 0.3 is 0 Å². The predicted octanol–water partition coefficient (Wildman–Crippen LogP) is 1.64. The van der Waals surface area contributed by atoms with Crippen LogP contribution in [0.5, 0.6) is 0 Å². The van der Waals surface area contributed by atoms with E-state index in [1.807, 2.05) is 0 Å². The summed E-state index contributed by atoms with van der Waals surface area (Å²) in [5.41, 5.74) is 0.259. The maximum absolute atomic E-state index is 11.3. The summed E-state index contributed by atoms with van der Waals surface area (Å²) < 4.78 is 9.92. The molecule has 1 aliphatic rings. The average molecular weight is 326 g/mol.